The van der Waals surface area contributed by atoms with Gasteiger partial charge in [0.15, 0.2) is 5.82 Å². The van der Waals surface area contributed by atoms with E-state index < -0.39 is 0 Å². The molecule has 0 atom stereocenters. The van der Waals surface area contributed by atoms with Crippen LogP contribution in [0.25, 0.3) is 0 Å². The van der Waals surface area contributed by atoms with Crippen molar-refractivity contribution in [1.29, 1.82) is 0 Å². The summed E-state index contributed by atoms with van der Waals surface area (Å²) in [5.74, 6) is 0.528. The number of nitrogens with one attached hydrogen (secondary N) is 1. The van der Waals surface area contributed by atoms with Crippen LogP contribution >= 0.6 is 15.9 Å². The molecule has 2 aromatic heterocycles. The second kappa shape index (κ2) is 5.16. The Kier molecular flexibility index (Phi) is 3.37. The molecular formula is C12H13BrN4O2. The molecule has 0 aromatic carbocycles. The minimum Gasteiger partial charge on any atom is -0.350 e. The van der Waals surface area contributed by atoms with Gasteiger partial charge >= 0.3 is 0 Å². The quantitative estimate of drug-likeness (QED) is 0.912. The van der Waals surface area contributed by atoms with Crippen LogP contribution in [0, 0.1) is 0 Å². The maximum absolute atomic E-state index is 12.1. The van der Waals surface area contributed by atoms with Crippen molar-refractivity contribution in [2.24, 2.45) is 0 Å². The first-order chi connectivity index (χ1) is 9.24. The van der Waals surface area contributed by atoms with Crippen molar-refractivity contribution in [3.8, 4) is 0 Å². The van der Waals surface area contributed by atoms with Gasteiger partial charge in [0.05, 0.1) is 0 Å². The zero-order valence-corrected chi connectivity index (χ0v) is 11.8. The second-order valence-electron chi connectivity index (χ2n) is 4.54. The fourth-order valence-corrected chi connectivity index (χ4v) is 2.40. The first kappa shape index (κ1) is 12.4. The maximum Gasteiger partial charge on any atom is 0.267 e. The summed E-state index contributed by atoms with van der Waals surface area (Å²) >= 11 is 3.41. The van der Waals surface area contributed by atoms with Gasteiger partial charge in [-0.05, 0) is 34.8 Å². The van der Waals surface area contributed by atoms with Gasteiger partial charge in [-0.15, -0.1) is 0 Å². The van der Waals surface area contributed by atoms with E-state index in [0.29, 0.717) is 30.5 Å². The summed E-state index contributed by atoms with van der Waals surface area (Å²) in [6.45, 7) is 0.492. The molecule has 0 spiro atoms. The zero-order chi connectivity index (χ0) is 13.2. The lowest BCUT2D eigenvalue weighted by Gasteiger charge is -2.07. The van der Waals surface area contributed by atoms with Crippen LogP contribution in [0.2, 0.25) is 0 Å². The standard InChI is InChI=1S/C12H13BrN4O2/c13-8-5-10(17(6-8)9-1-2-9)12(18)14-4-3-11-15-7-19-16-11/h5-7,9H,1-4H2,(H,14,18). The van der Waals surface area contributed by atoms with Crippen LogP contribution in [0.15, 0.2) is 27.7 Å². The average molecular weight is 325 g/mol. The van der Waals surface area contributed by atoms with Gasteiger partial charge in [-0.1, -0.05) is 5.16 Å². The molecule has 2 aromatic rings. The van der Waals surface area contributed by atoms with Gasteiger partial charge in [0.2, 0.25) is 6.39 Å². The smallest absolute Gasteiger partial charge is 0.267 e. The zero-order valence-electron chi connectivity index (χ0n) is 10.2. The number of halogens is 1. The fourth-order valence-electron chi connectivity index (χ4n) is 1.96. The molecule has 3 rings (SSSR count). The van der Waals surface area contributed by atoms with E-state index >= 15 is 0 Å². The highest BCUT2D eigenvalue weighted by atomic mass is 79.9. The van der Waals surface area contributed by atoms with E-state index in [1.165, 1.54) is 6.39 Å². The van der Waals surface area contributed by atoms with Crippen molar-refractivity contribution in [3.63, 3.8) is 0 Å². The van der Waals surface area contributed by atoms with Crippen LogP contribution in [0.5, 0.6) is 0 Å². The fraction of sp³-hybridized carbons (Fsp3) is 0.417. The SMILES string of the molecule is O=C(NCCc1ncon1)c1cc(Br)cn1C1CC1. The molecule has 6 nitrogen and oxygen atoms in total. The lowest BCUT2D eigenvalue weighted by Crippen LogP contribution is -2.27. The number of amides is 1. The van der Waals surface area contributed by atoms with Gasteiger partial charge in [-0.3, -0.25) is 4.79 Å². The Bertz CT molecular complexity index is 575. The molecular weight excluding hydrogens is 312 g/mol. The Balaban J connectivity index is 1.60. The Morgan fingerprint density at radius 3 is 3.11 bits per heavy atom. The van der Waals surface area contributed by atoms with E-state index in [2.05, 4.69) is 35.9 Å². The summed E-state index contributed by atoms with van der Waals surface area (Å²) in [4.78, 5) is 16.0. The summed E-state index contributed by atoms with van der Waals surface area (Å²) < 4.78 is 7.60. The number of carbonyl (C=O) groups excluding carboxylic acids is 1. The molecule has 0 bridgehead atoms. The topological polar surface area (TPSA) is 73.0 Å². The molecule has 7 heteroatoms. The molecule has 1 aliphatic rings. The molecule has 1 aliphatic carbocycles. The summed E-state index contributed by atoms with van der Waals surface area (Å²) in [7, 11) is 0. The molecule has 0 unspecified atom stereocenters. The van der Waals surface area contributed by atoms with Crippen molar-refractivity contribution < 1.29 is 9.32 Å². The Morgan fingerprint density at radius 1 is 1.58 bits per heavy atom. The van der Waals surface area contributed by atoms with E-state index in [1.807, 2.05) is 16.8 Å². The first-order valence-electron chi connectivity index (χ1n) is 6.15. The average Bonchev–Trinajstić information content (AvgIpc) is 2.96. The summed E-state index contributed by atoms with van der Waals surface area (Å²) in [6.07, 6.45) is 6.10. The molecule has 1 saturated carbocycles. The molecule has 100 valence electrons. The highest BCUT2D eigenvalue weighted by molar-refractivity contribution is 9.10. The molecule has 1 fully saturated rings. The van der Waals surface area contributed by atoms with E-state index in [4.69, 9.17) is 0 Å². The predicted molar refractivity (Wildman–Crippen MR) is 70.7 cm³/mol. The highest BCUT2D eigenvalue weighted by Crippen LogP contribution is 2.37. The predicted octanol–water partition coefficient (Wildman–Crippen LogP) is 1.94. The molecule has 1 amide bonds. The number of nitrogens with zero attached hydrogens (tertiary/aromatic N) is 3. The van der Waals surface area contributed by atoms with Gasteiger partial charge in [-0.2, -0.15) is 4.98 Å². The molecule has 2 heterocycles. The largest absolute Gasteiger partial charge is 0.350 e. The number of hydrogen-bond donors (Lipinski definition) is 1. The van der Waals surface area contributed by atoms with Gasteiger partial charge in [0, 0.05) is 29.7 Å². The number of carbonyl (C=O) groups is 1. The third-order valence-electron chi connectivity index (χ3n) is 3.03. The van der Waals surface area contributed by atoms with E-state index in [0.717, 1.165) is 17.3 Å². The lowest BCUT2D eigenvalue weighted by atomic mass is 10.3. The Labute approximate surface area is 118 Å². The monoisotopic (exact) mass is 324 g/mol. The minimum absolute atomic E-state index is 0.0684. The normalized spacial score (nSPS) is 14.6. The summed E-state index contributed by atoms with van der Waals surface area (Å²) in [6, 6.07) is 2.33. The maximum atomic E-state index is 12.1. The van der Waals surface area contributed by atoms with Crippen LogP contribution in [-0.2, 0) is 6.42 Å². The molecule has 1 N–H and O–H groups in total. The van der Waals surface area contributed by atoms with Gasteiger partial charge in [0.1, 0.15) is 5.69 Å². The van der Waals surface area contributed by atoms with Crippen LogP contribution in [0.4, 0.5) is 0 Å². The van der Waals surface area contributed by atoms with Gasteiger partial charge in [0.25, 0.3) is 5.91 Å². The lowest BCUT2D eigenvalue weighted by molar-refractivity contribution is 0.0944. The number of rotatable bonds is 5. The van der Waals surface area contributed by atoms with Crippen LogP contribution < -0.4 is 5.32 Å². The third-order valence-corrected chi connectivity index (χ3v) is 3.46. The van der Waals surface area contributed by atoms with E-state index in [9.17, 15) is 4.79 Å². The molecule has 0 saturated heterocycles. The third kappa shape index (κ3) is 2.86. The van der Waals surface area contributed by atoms with Crippen molar-refractivity contribution in [1.82, 2.24) is 20.0 Å². The van der Waals surface area contributed by atoms with Gasteiger partial charge < -0.3 is 14.4 Å². The minimum atomic E-state index is -0.0684. The summed E-state index contributed by atoms with van der Waals surface area (Å²) in [5, 5.41) is 6.57. The van der Waals surface area contributed by atoms with Crippen LogP contribution in [-0.4, -0.2) is 27.2 Å². The van der Waals surface area contributed by atoms with Crippen molar-refractivity contribution in [3.05, 3.63) is 34.6 Å². The Hall–Kier alpha value is -1.63. The highest BCUT2D eigenvalue weighted by Gasteiger charge is 2.27. The number of aromatic nitrogens is 3. The van der Waals surface area contributed by atoms with Crippen LogP contribution in [0.3, 0.4) is 0 Å². The van der Waals surface area contributed by atoms with Crippen LogP contribution in [0.1, 0.15) is 35.2 Å². The molecule has 0 radical (unpaired) electrons. The summed E-state index contributed by atoms with van der Waals surface area (Å²) in [5.41, 5.74) is 0.697. The van der Waals surface area contributed by atoms with Crippen molar-refractivity contribution >= 4 is 21.8 Å². The number of hydrogen-bond acceptors (Lipinski definition) is 4. The van der Waals surface area contributed by atoms with Crippen molar-refractivity contribution in [2.75, 3.05) is 6.54 Å². The molecule has 19 heavy (non-hydrogen) atoms. The second-order valence-corrected chi connectivity index (χ2v) is 5.45. The first-order valence-corrected chi connectivity index (χ1v) is 6.94. The van der Waals surface area contributed by atoms with E-state index in [1.54, 1.807) is 0 Å². The van der Waals surface area contributed by atoms with E-state index in [-0.39, 0.29) is 5.91 Å². The van der Waals surface area contributed by atoms with Gasteiger partial charge in [-0.25, -0.2) is 0 Å². The van der Waals surface area contributed by atoms with Crippen molar-refractivity contribution in [2.45, 2.75) is 25.3 Å². The Morgan fingerprint density at radius 2 is 2.42 bits per heavy atom. The molecule has 0 aliphatic heterocycles.